The van der Waals surface area contributed by atoms with Gasteiger partial charge in [-0.25, -0.2) is 4.39 Å². The Morgan fingerprint density at radius 2 is 1.65 bits per heavy atom. The van der Waals surface area contributed by atoms with Gasteiger partial charge in [0.05, 0.1) is 4.47 Å². The van der Waals surface area contributed by atoms with Crippen LogP contribution in [0.3, 0.4) is 0 Å². The van der Waals surface area contributed by atoms with Crippen LogP contribution in [-0.4, -0.2) is 26.2 Å². The van der Waals surface area contributed by atoms with Crippen LogP contribution in [0.25, 0.3) is 0 Å². The Hall–Kier alpha value is -0.450. The average Bonchev–Trinajstić information content (AvgIpc) is 2.32. The van der Waals surface area contributed by atoms with E-state index in [1.807, 2.05) is 6.07 Å². The minimum absolute atomic E-state index is 0.146. The first-order valence-corrected chi connectivity index (χ1v) is 6.91. The molecule has 2 fully saturated rings. The van der Waals surface area contributed by atoms with Crippen molar-refractivity contribution in [1.82, 2.24) is 10.6 Å². The number of halogens is 2. The van der Waals surface area contributed by atoms with Crippen molar-refractivity contribution in [2.24, 2.45) is 11.8 Å². The van der Waals surface area contributed by atoms with Crippen LogP contribution in [0.15, 0.2) is 22.7 Å². The summed E-state index contributed by atoms with van der Waals surface area (Å²) in [6.45, 7) is 4.13. The zero-order chi connectivity index (χ0) is 11.8. The Balaban J connectivity index is 1.93. The van der Waals surface area contributed by atoms with Crippen molar-refractivity contribution >= 4 is 15.9 Å². The van der Waals surface area contributed by atoms with Crippen molar-refractivity contribution < 1.29 is 4.39 Å². The van der Waals surface area contributed by atoms with E-state index < -0.39 is 0 Å². The highest BCUT2D eigenvalue weighted by Crippen LogP contribution is 2.37. The Kier molecular flexibility index (Phi) is 3.19. The summed E-state index contributed by atoms with van der Waals surface area (Å²) in [5.41, 5.74) is 1.16. The lowest BCUT2D eigenvalue weighted by Crippen LogP contribution is -2.53. The molecular formula is C13H16BrFN2. The number of rotatable bonds is 1. The van der Waals surface area contributed by atoms with E-state index >= 15 is 0 Å². The molecule has 0 aliphatic carbocycles. The molecule has 2 nitrogen and oxygen atoms in total. The van der Waals surface area contributed by atoms with Gasteiger partial charge in [-0.1, -0.05) is 6.07 Å². The lowest BCUT2D eigenvalue weighted by atomic mass is 9.72. The van der Waals surface area contributed by atoms with Gasteiger partial charge in [0, 0.05) is 0 Å². The first kappa shape index (κ1) is 11.6. The van der Waals surface area contributed by atoms with E-state index in [1.54, 1.807) is 6.07 Å². The van der Waals surface area contributed by atoms with Gasteiger partial charge in [-0.3, -0.25) is 0 Å². The first-order chi connectivity index (χ1) is 8.25. The molecule has 2 aliphatic heterocycles. The smallest absolute Gasteiger partial charge is 0.137 e. The fourth-order valence-corrected chi connectivity index (χ4v) is 3.46. The summed E-state index contributed by atoms with van der Waals surface area (Å²) in [4.78, 5) is 0. The minimum atomic E-state index is -0.146. The Bertz CT molecular complexity index is 402. The van der Waals surface area contributed by atoms with Crippen LogP contribution in [0.4, 0.5) is 4.39 Å². The quantitative estimate of drug-likeness (QED) is 0.830. The van der Waals surface area contributed by atoms with Crippen LogP contribution in [0.1, 0.15) is 11.5 Å². The second kappa shape index (κ2) is 4.67. The van der Waals surface area contributed by atoms with E-state index in [9.17, 15) is 4.39 Å². The number of hydrogen-bond donors (Lipinski definition) is 2. The van der Waals surface area contributed by atoms with Crippen molar-refractivity contribution in [3.05, 3.63) is 34.1 Å². The highest BCUT2D eigenvalue weighted by atomic mass is 79.9. The molecule has 2 aliphatic rings. The molecule has 0 atom stereocenters. The fourth-order valence-electron chi connectivity index (χ4n) is 3.21. The molecule has 0 radical (unpaired) electrons. The SMILES string of the molecule is Fc1cc(C2C3CNCC2CNC3)ccc1Br. The second-order valence-corrected chi connectivity index (χ2v) is 5.89. The highest BCUT2D eigenvalue weighted by molar-refractivity contribution is 9.10. The normalized spacial score (nSPS) is 32.5. The van der Waals surface area contributed by atoms with E-state index in [0.29, 0.717) is 22.2 Å². The first-order valence-electron chi connectivity index (χ1n) is 6.12. The third-order valence-corrected chi connectivity index (χ3v) is 4.61. The van der Waals surface area contributed by atoms with E-state index in [2.05, 4.69) is 32.6 Å². The standard InChI is InChI=1S/C13H16BrFN2/c14-11-2-1-8(3-12(11)15)13-9-4-16-6-10(13)7-17-5-9/h1-3,9-10,13,16-17H,4-7H2. The van der Waals surface area contributed by atoms with E-state index in [4.69, 9.17) is 0 Å². The van der Waals surface area contributed by atoms with E-state index in [1.165, 1.54) is 0 Å². The van der Waals surface area contributed by atoms with Crippen LogP contribution >= 0.6 is 15.9 Å². The van der Waals surface area contributed by atoms with Gasteiger partial charge in [-0.05, 0) is 77.6 Å². The molecule has 2 N–H and O–H groups in total. The van der Waals surface area contributed by atoms with Gasteiger partial charge in [0.15, 0.2) is 0 Å². The summed E-state index contributed by atoms with van der Waals surface area (Å²) in [5, 5.41) is 6.94. The molecule has 2 bridgehead atoms. The molecule has 0 aromatic heterocycles. The Morgan fingerprint density at radius 1 is 1.06 bits per heavy atom. The number of hydrogen-bond acceptors (Lipinski definition) is 2. The predicted molar refractivity (Wildman–Crippen MR) is 69.6 cm³/mol. The van der Waals surface area contributed by atoms with Gasteiger partial charge in [-0.15, -0.1) is 0 Å². The van der Waals surface area contributed by atoms with E-state index in [0.717, 1.165) is 31.7 Å². The van der Waals surface area contributed by atoms with Crippen molar-refractivity contribution in [2.45, 2.75) is 5.92 Å². The maximum atomic E-state index is 13.6. The van der Waals surface area contributed by atoms with Crippen LogP contribution in [0.5, 0.6) is 0 Å². The summed E-state index contributed by atoms with van der Waals surface area (Å²) in [7, 11) is 0. The molecule has 0 saturated carbocycles. The summed E-state index contributed by atoms with van der Waals surface area (Å²) < 4.78 is 14.2. The minimum Gasteiger partial charge on any atom is -0.316 e. The van der Waals surface area contributed by atoms with Crippen molar-refractivity contribution in [1.29, 1.82) is 0 Å². The van der Waals surface area contributed by atoms with Crippen LogP contribution < -0.4 is 10.6 Å². The number of benzene rings is 1. The maximum Gasteiger partial charge on any atom is 0.137 e. The molecule has 2 saturated heterocycles. The molecule has 17 heavy (non-hydrogen) atoms. The highest BCUT2D eigenvalue weighted by Gasteiger charge is 2.37. The molecule has 4 heteroatoms. The molecule has 0 amide bonds. The molecule has 0 spiro atoms. The number of fused-ring (bicyclic) bond motifs is 2. The molecular weight excluding hydrogens is 283 g/mol. The molecule has 1 aromatic rings. The molecule has 1 aromatic carbocycles. The monoisotopic (exact) mass is 298 g/mol. The number of piperidine rings is 2. The fraction of sp³-hybridized carbons (Fsp3) is 0.538. The Labute approximate surface area is 109 Å². The molecule has 92 valence electrons. The zero-order valence-electron chi connectivity index (χ0n) is 9.55. The van der Waals surface area contributed by atoms with Gasteiger partial charge in [0.25, 0.3) is 0 Å². The number of nitrogens with one attached hydrogen (secondary N) is 2. The topological polar surface area (TPSA) is 24.1 Å². The van der Waals surface area contributed by atoms with Crippen LogP contribution in [-0.2, 0) is 0 Å². The zero-order valence-corrected chi connectivity index (χ0v) is 11.1. The van der Waals surface area contributed by atoms with Gasteiger partial charge in [-0.2, -0.15) is 0 Å². The molecule has 2 heterocycles. The lowest BCUT2D eigenvalue weighted by Gasteiger charge is -2.43. The van der Waals surface area contributed by atoms with Crippen molar-refractivity contribution in [3.8, 4) is 0 Å². The van der Waals surface area contributed by atoms with Gasteiger partial charge in [0.2, 0.25) is 0 Å². The summed E-state index contributed by atoms with van der Waals surface area (Å²) in [6.07, 6.45) is 0. The summed E-state index contributed by atoms with van der Waals surface area (Å²) >= 11 is 3.21. The average molecular weight is 299 g/mol. The van der Waals surface area contributed by atoms with Gasteiger partial charge >= 0.3 is 0 Å². The van der Waals surface area contributed by atoms with Gasteiger partial charge < -0.3 is 10.6 Å². The maximum absolute atomic E-state index is 13.6. The lowest BCUT2D eigenvalue weighted by molar-refractivity contribution is 0.183. The van der Waals surface area contributed by atoms with Crippen LogP contribution in [0.2, 0.25) is 0 Å². The molecule has 0 unspecified atom stereocenters. The van der Waals surface area contributed by atoms with Gasteiger partial charge in [0.1, 0.15) is 5.82 Å². The summed E-state index contributed by atoms with van der Waals surface area (Å²) in [6, 6.07) is 5.59. The Morgan fingerprint density at radius 3 is 2.18 bits per heavy atom. The van der Waals surface area contributed by atoms with Crippen LogP contribution in [0, 0.1) is 17.7 Å². The summed E-state index contributed by atoms with van der Waals surface area (Å²) in [5.74, 6) is 1.53. The largest absolute Gasteiger partial charge is 0.316 e. The third-order valence-electron chi connectivity index (χ3n) is 3.97. The van der Waals surface area contributed by atoms with Crippen molar-refractivity contribution in [2.75, 3.05) is 26.2 Å². The second-order valence-electron chi connectivity index (χ2n) is 5.04. The third kappa shape index (κ3) is 2.14. The molecule has 3 rings (SSSR count). The van der Waals surface area contributed by atoms with Crippen molar-refractivity contribution in [3.63, 3.8) is 0 Å². The predicted octanol–water partition coefficient (Wildman–Crippen LogP) is 2.11. The van der Waals surface area contributed by atoms with E-state index in [-0.39, 0.29) is 5.82 Å².